The van der Waals surface area contributed by atoms with Crippen LogP contribution in [0.2, 0.25) is 0 Å². The summed E-state index contributed by atoms with van der Waals surface area (Å²) in [5.74, 6) is 0. The van der Waals surface area contributed by atoms with E-state index < -0.39 is 0 Å². The Labute approximate surface area is 144 Å². The van der Waals surface area contributed by atoms with Crippen LogP contribution in [-0.2, 0) is 6.54 Å². The first-order chi connectivity index (χ1) is 9.72. The van der Waals surface area contributed by atoms with Crippen molar-refractivity contribution < 1.29 is 29.6 Å². The Bertz CT molecular complexity index is 623. The van der Waals surface area contributed by atoms with Crippen molar-refractivity contribution in [3.05, 3.63) is 74.7 Å². The molecule has 0 aliphatic rings. The molecule has 0 radical (unpaired) electrons. The van der Waals surface area contributed by atoms with Crippen molar-refractivity contribution in [3.8, 4) is 11.1 Å². The molecule has 0 amide bonds. The first-order valence-corrected chi connectivity index (χ1v) is 5.94. The van der Waals surface area contributed by atoms with E-state index in [1.165, 1.54) is 21.7 Å². The Morgan fingerprint density at radius 2 is 1.71 bits per heavy atom. The van der Waals surface area contributed by atoms with Crippen LogP contribution in [0.5, 0.6) is 0 Å². The van der Waals surface area contributed by atoms with Crippen molar-refractivity contribution in [1.29, 1.82) is 0 Å². The molecule has 1 aromatic heterocycles. The van der Waals surface area contributed by atoms with Gasteiger partial charge < -0.3 is 15.6 Å². The van der Waals surface area contributed by atoms with Crippen LogP contribution in [0.1, 0.15) is 5.69 Å². The van der Waals surface area contributed by atoms with Crippen LogP contribution in [-0.4, -0.2) is 11.1 Å². The molecule has 8 heteroatoms. The monoisotopic (exact) mass is 291 g/mol. The second-order valence-corrected chi connectivity index (χ2v) is 3.97. The van der Waals surface area contributed by atoms with Crippen LogP contribution >= 0.6 is 0 Å². The summed E-state index contributed by atoms with van der Waals surface area (Å²) in [5.41, 5.74) is 25.3. The van der Waals surface area contributed by atoms with Gasteiger partial charge in [-0.15, -0.1) is 0 Å². The van der Waals surface area contributed by atoms with Gasteiger partial charge in [0.05, 0.1) is 0 Å². The van der Waals surface area contributed by atoms with E-state index in [2.05, 4.69) is 45.9 Å². The molecule has 2 rings (SSSR count). The van der Waals surface area contributed by atoms with Crippen molar-refractivity contribution >= 4 is 0 Å². The summed E-state index contributed by atoms with van der Waals surface area (Å²) >= 11 is 0. The second-order valence-electron chi connectivity index (χ2n) is 3.97. The van der Waals surface area contributed by atoms with Crippen LogP contribution in [0.15, 0.2) is 47.7 Å². The van der Waals surface area contributed by atoms with Crippen molar-refractivity contribution in [3.63, 3.8) is 0 Å². The zero-order valence-corrected chi connectivity index (χ0v) is 14.1. The largest absolute Gasteiger partial charge is 1.00 e. The van der Waals surface area contributed by atoms with E-state index >= 15 is 0 Å². The Morgan fingerprint density at radius 1 is 1.10 bits per heavy atom. The number of rotatable bonds is 4. The maximum Gasteiger partial charge on any atom is 1.00 e. The number of hydrogen-bond donors (Lipinski definition) is 0. The van der Waals surface area contributed by atoms with E-state index in [4.69, 9.17) is 16.6 Å². The summed E-state index contributed by atoms with van der Waals surface area (Å²) in [7, 11) is 0. The molecule has 102 valence electrons. The molecule has 1 heterocycles. The predicted molar refractivity (Wildman–Crippen MR) is 78.7 cm³/mol. The third kappa shape index (κ3) is 6.40. The molecule has 0 aliphatic heterocycles. The molecule has 0 N–H and O–H groups in total. The minimum absolute atomic E-state index is 0. The van der Waals surface area contributed by atoms with Gasteiger partial charge in [0.2, 0.25) is 0 Å². The van der Waals surface area contributed by atoms with Gasteiger partial charge in [-0.25, -0.2) is 0 Å². The van der Waals surface area contributed by atoms with E-state index in [1.807, 2.05) is 18.2 Å². The average Bonchev–Trinajstić information content (AvgIpc) is 2.83. The second kappa shape index (κ2) is 10.9. The van der Waals surface area contributed by atoms with Gasteiger partial charge in [-0.2, -0.15) is 0 Å². The van der Waals surface area contributed by atoms with Crippen molar-refractivity contribution in [1.82, 2.24) is 4.57 Å². The summed E-state index contributed by atoms with van der Waals surface area (Å²) in [5, 5.41) is 3.55. The Kier molecular flexibility index (Phi) is 9.88. The van der Waals surface area contributed by atoms with Crippen LogP contribution in [0.3, 0.4) is 0 Å². The minimum Gasteiger partial charge on any atom is -0.373 e. The molecule has 7 nitrogen and oxygen atoms in total. The van der Waals surface area contributed by atoms with E-state index in [9.17, 15) is 0 Å². The first kappa shape index (κ1) is 19.1. The van der Waals surface area contributed by atoms with Gasteiger partial charge in [-0.05, 0) is 29.6 Å². The number of benzene rings is 1. The quantitative estimate of drug-likeness (QED) is 0.353. The zero-order chi connectivity index (χ0) is 14.8. The Balaban J connectivity index is 0.000000922. The number of aryl methyl sites for hydroxylation is 1. The first-order valence-electron chi connectivity index (χ1n) is 5.94. The molecule has 21 heavy (non-hydrogen) atoms. The minimum atomic E-state index is 0. The molecule has 0 fully saturated rings. The average molecular weight is 291 g/mol. The van der Waals surface area contributed by atoms with Gasteiger partial charge in [-0.1, -0.05) is 35.4 Å². The van der Waals surface area contributed by atoms with E-state index in [1.54, 1.807) is 0 Å². The SMILES string of the molecule is Cc1cc(-c2ccccc2)cn1CCN=[N+]=[N-].[N-]=[N+]=[N-].[Na+]. The molecule has 0 spiro atoms. The van der Waals surface area contributed by atoms with Crippen LogP contribution in [0.25, 0.3) is 37.5 Å². The summed E-state index contributed by atoms with van der Waals surface area (Å²) < 4.78 is 2.11. The Hall–Kier alpha value is -1.88. The number of nitrogens with zero attached hydrogens (tertiary/aromatic N) is 7. The number of azide groups is 1. The van der Waals surface area contributed by atoms with Gasteiger partial charge in [0.15, 0.2) is 0 Å². The molecular formula is C13H14N7Na. The van der Waals surface area contributed by atoms with Gasteiger partial charge >= 0.3 is 29.6 Å². The molecule has 0 atom stereocenters. The topological polar surface area (TPSA) is 112 Å². The van der Waals surface area contributed by atoms with Crippen LogP contribution in [0.4, 0.5) is 0 Å². The third-order valence-corrected chi connectivity index (χ3v) is 2.72. The fraction of sp³-hybridized carbons (Fsp3) is 0.231. The van der Waals surface area contributed by atoms with Crippen molar-refractivity contribution in [2.75, 3.05) is 6.54 Å². The molecule has 1 aromatic carbocycles. The maximum atomic E-state index is 8.25. The smallest absolute Gasteiger partial charge is 0.373 e. The molecule has 0 saturated heterocycles. The summed E-state index contributed by atoms with van der Waals surface area (Å²) in [6.07, 6.45) is 2.09. The van der Waals surface area contributed by atoms with Crippen LogP contribution in [0, 0.1) is 6.92 Å². The molecule has 0 bridgehead atoms. The summed E-state index contributed by atoms with van der Waals surface area (Å²) in [6.45, 7) is 3.27. The molecular weight excluding hydrogens is 277 g/mol. The van der Waals surface area contributed by atoms with Crippen molar-refractivity contribution in [2.24, 2.45) is 5.11 Å². The molecule has 2 aromatic rings. The molecule has 0 unspecified atom stereocenters. The maximum absolute atomic E-state index is 8.25. The normalized spacial score (nSPS) is 8.43. The molecule has 0 saturated carbocycles. The van der Waals surface area contributed by atoms with E-state index in [0.29, 0.717) is 6.54 Å². The van der Waals surface area contributed by atoms with Gasteiger partial charge in [0, 0.05) is 29.9 Å². The summed E-state index contributed by atoms with van der Waals surface area (Å²) in [4.78, 5) is 4.26. The zero-order valence-electron chi connectivity index (χ0n) is 12.1. The van der Waals surface area contributed by atoms with Crippen molar-refractivity contribution in [2.45, 2.75) is 13.5 Å². The van der Waals surface area contributed by atoms with Gasteiger partial charge in [0.25, 0.3) is 0 Å². The van der Waals surface area contributed by atoms with Gasteiger partial charge in [-0.3, -0.25) is 4.91 Å². The fourth-order valence-corrected chi connectivity index (χ4v) is 1.84. The van der Waals surface area contributed by atoms with E-state index in [-0.39, 0.29) is 29.6 Å². The summed E-state index contributed by atoms with van der Waals surface area (Å²) in [6, 6.07) is 12.4. The fourth-order valence-electron chi connectivity index (χ4n) is 1.84. The Morgan fingerprint density at radius 3 is 2.29 bits per heavy atom. The predicted octanol–water partition coefficient (Wildman–Crippen LogP) is 1.64. The number of aromatic nitrogens is 1. The standard InChI is InChI=1S/C13H14N4.N3.Na/c1-11-9-13(12-5-3-2-4-6-12)10-17(11)8-7-15-16-14;1-3-2;/h2-6,9-10H,7-8H2,1H3;;/q;-1;+1. The van der Waals surface area contributed by atoms with Crippen LogP contribution < -0.4 is 29.6 Å². The number of hydrogen-bond acceptors (Lipinski definition) is 1. The molecule has 0 aliphatic carbocycles. The van der Waals surface area contributed by atoms with E-state index in [0.717, 1.165) is 6.54 Å². The third-order valence-electron chi connectivity index (χ3n) is 2.72. The van der Waals surface area contributed by atoms with Gasteiger partial charge in [0.1, 0.15) is 0 Å².